The summed E-state index contributed by atoms with van der Waals surface area (Å²) in [6.07, 6.45) is 3.39. The molecule has 1 aliphatic heterocycles. The van der Waals surface area contributed by atoms with Gasteiger partial charge in [0.1, 0.15) is 0 Å². The molecule has 0 N–H and O–H groups in total. The minimum Gasteiger partial charge on any atom is -0.372 e. The number of nitrogens with zero attached hydrogens (tertiary/aromatic N) is 1. The molecule has 1 fully saturated rings. The zero-order valence-electron chi connectivity index (χ0n) is 10.2. The van der Waals surface area contributed by atoms with Crippen LogP contribution in [0.5, 0.6) is 0 Å². The second kappa shape index (κ2) is 6.87. The molecule has 1 saturated heterocycles. The zero-order chi connectivity index (χ0) is 11.3. The predicted molar refractivity (Wildman–Crippen MR) is 68.6 cm³/mol. The summed E-state index contributed by atoms with van der Waals surface area (Å²) in [5, 5.41) is 0.954. The lowest BCUT2D eigenvalue weighted by molar-refractivity contribution is -0.0684. The van der Waals surface area contributed by atoms with Crippen molar-refractivity contribution >= 4 is 15.9 Å². The maximum atomic E-state index is 5.82. The van der Waals surface area contributed by atoms with Gasteiger partial charge in [0.2, 0.25) is 0 Å². The third-order valence-electron chi connectivity index (χ3n) is 2.93. The van der Waals surface area contributed by atoms with E-state index >= 15 is 0 Å². The van der Waals surface area contributed by atoms with Crippen LogP contribution in [0.15, 0.2) is 0 Å². The summed E-state index contributed by atoms with van der Waals surface area (Å²) in [6, 6.07) is 0. The van der Waals surface area contributed by atoms with E-state index in [1.807, 2.05) is 0 Å². The summed E-state index contributed by atoms with van der Waals surface area (Å²) in [5.74, 6) is 0.816. The van der Waals surface area contributed by atoms with Gasteiger partial charge in [-0.25, -0.2) is 0 Å². The largest absolute Gasteiger partial charge is 0.372 e. The van der Waals surface area contributed by atoms with Crippen LogP contribution < -0.4 is 0 Å². The zero-order valence-corrected chi connectivity index (χ0v) is 11.8. The Labute approximate surface area is 102 Å². The molecule has 0 bridgehead atoms. The molecule has 3 heteroatoms. The van der Waals surface area contributed by atoms with Gasteiger partial charge in [-0.2, -0.15) is 0 Å². The lowest BCUT2D eigenvalue weighted by Gasteiger charge is -2.37. The standard InChI is InChI=1S/C12H24BrNO/c1-4-5-10(2)7-14-8-11(3)15-12(6-13)9-14/h10-12H,4-9H2,1-3H3. The van der Waals surface area contributed by atoms with Gasteiger partial charge in [0.05, 0.1) is 12.2 Å². The molecule has 0 aliphatic carbocycles. The monoisotopic (exact) mass is 277 g/mol. The van der Waals surface area contributed by atoms with Crippen molar-refractivity contribution in [2.24, 2.45) is 5.92 Å². The molecule has 0 spiro atoms. The first-order valence-electron chi connectivity index (χ1n) is 6.09. The first kappa shape index (κ1) is 13.5. The van der Waals surface area contributed by atoms with Crippen LogP contribution >= 0.6 is 15.9 Å². The van der Waals surface area contributed by atoms with Crippen LogP contribution in [0.2, 0.25) is 0 Å². The molecule has 0 amide bonds. The van der Waals surface area contributed by atoms with Crippen molar-refractivity contribution < 1.29 is 4.74 Å². The van der Waals surface area contributed by atoms with E-state index in [1.165, 1.54) is 19.4 Å². The minimum absolute atomic E-state index is 0.377. The quantitative estimate of drug-likeness (QED) is 0.717. The molecule has 3 unspecified atom stereocenters. The van der Waals surface area contributed by atoms with Gasteiger partial charge in [0, 0.05) is 25.0 Å². The Morgan fingerprint density at radius 2 is 2.20 bits per heavy atom. The Hall–Kier alpha value is 0.400. The van der Waals surface area contributed by atoms with Crippen molar-refractivity contribution in [1.82, 2.24) is 4.90 Å². The summed E-state index contributed by atoms with van der Waals surface area (Å²) in [4.78, 5) is 2.56. The molecule has 3 atom stereocenters. The third kappa shape index (κ3) is 4.83. The van der Waals surface area contributed by atoms with Gasteiger partial charge in [-0.3, -0.25) is 4.90 Å². The molecule has 0 aromatic rings. The van der Waals surface area contributed by atoms with Crippen LogP contribution in [0, 0.1) is 5.92 Å². The minimum atomic E-state index is 0.377. The molecule has 2 nitrogen and oxygen atoms in total. The molecule has 0 aromatic carbocycles. The molecule has 0 radical (unpaired) electrons. The lowest BCUT2D eigenvalue weighted by Crippen LogP contribution is -2.48. The number of alkyl halides is 1. The number of ether oxygens (including phenoxy) is 1. The first-order chi connectivity index (χ1) is 7.15. The molecule has 90 valence electrons. The van der Waals surface area contributed by atoms with Gasteiger partial charge in [-0.05, 0) is 19.3 Å². The van der Waals surface area contributed by atoms with E-state index in [0.29, 0.717) is 12.2 Å². The van der Waals surface area contributed by atoms with Crippen LogP contribution in [0.25, 0.3) is 0 Å². The van der Waals surface area contributed by atoms with Crippen molar-refractivity contribution in [2.45, 2.75) is 45.8 Å². The Morgan fingerprint density at radius 1 is 1.47 bits per heavy atom. The Morgan fingerprint density at radius 3 is 2.80 bits per heavy atom. The summed E-state index contributed by atoms with van der Waals surface area (Å²) in [7, 11) is 0. The highest BCUT2D eigenvalue weighted by Gasteiger charge is 2.24. The van der Waals surface area contributed by atoms with Crippen molar-refractivity contribution in [3.63, 3.8) is 0 Å². The molecule has 1 rings (SSSR count). The van der Waals surface area contributed by atoms with Gasteiger partial charge in [0.15, 0.2) is 0 Å². The third-order valence-corrected chi connectivity index (χ3v) is 3.65. The van der Waals surface area contributed by atoms with Gasteiger partial charge < -0.3 is 4.74 Å². The van der Waals surface area contributed by atoms with E-state index in [0.717, 1.165) is 24.3 Å². The first-order valence-corrected chi connectivity index (χ1v) is 7.21. The highest BCUT2D eigenvalue weighted by Crippen LogP contribution is 2.16. The molecule has 15 heavy (non-hydrogen) atoms. The molecule has 0 aromatic heterocycles. The highest BCUT2D eigenvalue weighted by molar-refractivity contribution is 9.09. The molecule has 0 saturated carbocycles. The topological polar surface area (TPSA) is 12.5 Å². The Bertz CT molecular complexity index is 177. The maximum Gasteiger partial charge on any atom is 0.0802 e. The van der Waals surface area contributed by atoms with E-state index in [2.05, 4.69) is 41.6 Å². The number of rotatable bonds is 5. The van der Waals surface area contributed by atoms with Gasteiger partial charge in [0.25, 0.3) is 0 Å². The fourth-order valence-corrected chi connectivity index (χ4v) is 2.76. The van der Waals surface area contributed by atoms with E-state index in [9.17, 15) is 0 Å². The smallest absolute Gasteiger partial charge is 0.0802 e. The summed E-state index contributed by atoms with van der Waals surface area (Å²) >= 11 is 3.51. The SMILES string of the molecule is CCCC(C)CN1CC(C)OC(CBr)C1. The summed E-state index contributed by atoms with van der Waals surface area (Å²) in [6.45, 7) is 10.2. The normalized spacial score (nSPS) is 30.4. The fourth-order valence-electron chi connectivity index (χ4n) is 2.40. The molecule has 1 heterocycles. The van der Waals surface area contributed by atoms with Crippen molar-refractivity contribution in [3.8, 4) is 0 Å². The number of hydrogen-bond donors (Lipinski definition) is 0. The van der Waals surface area contributed by atoms with Crippen LogP contribution in [0.4, 0.5) is 0 Å². The lowest BCUT2D eigenvalue weighted by atomic mass is 10.0. The van der Waals surface area contributed by atoms with Gasteiger partial charge in [-0.1, -0.05) is 36.2 Å². The second-order valence-corrected chi connectivity index (χ2v) is 5.48. The summed E-state index contributed by atoms with van der Waals surface area (Å²) in [5.41, 5.74) is 0. The number of morpholine rings is 1. The van der Waals surface area contributed by atoms with Crippen molar-refractivity contribution in [2.75, 3.05) is 25.0 Å². The van der Waals surface area contributed by atoms with Gasteiger partial charge >= 0.3 is 0 Å². The molecular formula is C12H24BrNO. The predicted octanol–water partition coefficient (Wildman–Crippen LogP) is 2.91. The van der Waals surface area contributed by atoms with E-state index in [-0.39, 0.29) is 0 Å². The van der Waals surface area contributed by atoms with E-state index in [4.69, 9.17) is 4.74 Å². The van der Waals surface area contributed by atoms with Crippen LogP contribution in [-0.4, -0.2) is 42.1 Å². The Balaban J connectivity index is 2.33. The van der Waals surface area contributed by atoms with E-state index < -0.39 is 0 Å². The van der Waals surface area contributed by atoms with E-state index in [1.54, 1.807) is 0 Å². The molecular weight excluding hydrogens is 254 g/mol. The second-order valence-electron chi connectivity index (χ2n) is 4.84. The molecule has 1 aliphatic rings. The average Bonchev–Trinajstić information content (AvgIpc) is 2.17. The maximum absolute atomic E-state index is 5.82. The average molecular weight is 278 g/mol. The number of hydrogen-bond acceptors (Lipinski definition) is 2. The van der Waals surface area contributed by atoms with Crippen molar-refractivity contribution in [3.05, 3.63) is 0 Å². The van der Waals surface area contributed by atoms with Gasteiger partial charge in [-0.15, -0.1) is 0 Å². The Kier molecular flexibility index (Phi) is 6.17. The number of halogens is 1. The van der Waals surface area contributed by atoms with Crippen LogP contribution in [0.1, 0.15) is 33.6 Å². The van der Waals surface area contributed by atoms with Crippen molar-refractivity contribution in [1.29, 1.82) is 0 Å². The fraction of sp³-hybridized carbons (Fsp3) is 1.00. The summed E-state index contributed by atoms with van der Waals surface area (Å²) < 4.78 is 5.82. The highest BCUT2D eigenvalue weighted by atomic mass is 79.9. The van der Waals surface area contributed by atoms with Crippen LogP contribution in [0.3, 0.4) is 0 Å². The van der Waals surface area contributed by atoms with Crippen LogP contribution in [-0.2, 0) is 4.74 Å².